The van der Waals surface area contributed by atoms with E-state index in [0.29, 0.717) is 17.7 Å². The van der Waals surface area contributed by atoms with E-state index in [0.717, 1.165) is 38.0 Å². The van der Waals surface area contributed by atoms with Crippen molar-refractivity contribution in [2.24, 2.45) is 5.92 Å². The lowest BCUT2D eigenvalue weighted by Crippen LogP contribution is -2.35. The van der Waals surface area contributed by atoms with Gasteiger partial charge >= 0.3 is 0 Å². The fourth-order valence-corrected chi connectivity index (χ4v) is 3.79. The summed E-state index contributed by atoms with van der Waals surface area (Å²) in [5.41, 5.74) is 1.93. The summed E-state index contributed by atoms with van der Waals surface area (Å²) in [6.45, 7) is 3.60. The third kappa shape index (κ3) is 4.70. The van der Waals surface area contributed by atoms with Crippen LogP contribution in [0.5, 0.6) is 0 Å². The maximum atomic E-state index is 14.0. The highest BCUT2D eigenvalue weighted by atomic mass is 19.1. The predicted molar refractivity (Wildman–Crippen MR) is 111 cm³/mol. The van der Waals surface area contributed by atoms with E-state index in [2.05, 4.69) is 44.5 Å². The van der Waals surface area contributed by atoms with Crippen molar-refractivity contribution in [3.63, 3.8) is 0 Å². The Morgan fingerprint density at radius 3 is 2.34 bits per heavy atom. The molecule has 0 bridgehead atoms. The van der Waals surface area contributed by atoms with Crippen molar-refractivity contribution in [3.05, 3.63) is 77.5 Å². The Kier molecular flexibility index (Phi) is 5.69. The molecule has 1 N–H and O–H groups in total. The molecule has 2 aromatic carbocycles. The van der Waals surface area contributed by atoms with Gasteiger partial charge in [0, 0.05) is 24.8 Å². The molecule has 4 nitrogen and oxygen atoms in total. The molecule has 0 atom stereocenters. The van der Waals surface area contributed by atoms with E-state index in [-0.39, 0.29) is 5.69 Å². The molecule has 1 saturated heterocycles. The SMILES string of the molecule is Cc1cc(Nc2c(F)cccc2F)nc(N2CCC(Cc3ccccc3)CC2)n1. The summed E-state index contributed by atoms with van der Waals surface area (Å²) in [6, 6.07) is 16.0. The molecule has 0 aliphatic carbocycles. The van der Waals surface area contributed by atoms with E-state index < -0.39 is 11.6 Å². The van der Waals surface area contributed by atoms with Crippen LogP contribution in [0.1, 0.15) is 24.1 Å². The van der Waals surface area contributed by atoms with Gasteiger partial charge in [-0.15, -0.1) is 0 Å². The van der Waals surface area contributed by atoms with Gasteiger partial charge in [-0.05, 0) is 49.8 Å². The van der Waals surface area contributed by atoms with Gasteiger partial charge in [0.2, 0.25) is 5.95 Å². The summed E-state index contributed by atoms with van der Waals surface area (Å²) in [5.74, 6) is 0.336. The van der Waals surface area contributed by atoms with Crippen molar-refractivity contribution in [3.8, 4) is 0 Å². The molecule has 0 unspecified atom stereocenters. The summed E-state index contributed by atoms with van der Waals surface area (Å²) in [5, 5.41) is 2.77. The van der Waals surface area contributed by atoms with Gasteiger partial charge in [-0.3, -0.25) is 0 Å². The number of anilines is 3. The lowest BCUT2D eigenvalue weighted by molar-refractivity contribution is 0.400. The van der Waals surface area contributed by atoms with Crippen molar-refractivity contribution >= 4 is 17.5 Å². The van der Waals surface area contributed by atoms with Gasteiger partial charge in [0.25, 0.3) is 0 Å². The Bertz CT molecular complexity index is 950. The minimum Gasteiger partial charge on any atom is -0.341 e. The van der Waals surface area contributed by atoms with E-state index >= 15 is 0 Å². The number of piperidine rings is 1. The first kappa shape index (κ1) is 19.3. The molecule has 1 aliphatic heterocycles. The topological polar surface area (TPSA) is 41.1 Å². The number of aryl methyl sites for hydroxylation is 1. The number of hydrogen-bond donors (Lipinski definition) is 1. The van der Waals surface area contributed by atoms with Gasteiger partial charge in [-0.1, -0.05) is 36.4 Å². The molecule has 1 fully saturated rings. The molecule has 0 radical (unpaired) electrons. The minimum atomic E-state index is -0.649. The maximum absolute atomic E-state index is 14.0. The molecule has 3 aromatic rings. The molecule has 0 amide bonds. The monoisotopic (exact) mass is 394 g/mol. The van der Waals surface area contributed by atoms with Crippen LogP contribution in [0.3, 0.4) is 0 Å². The van der Waals surface area contributed by atoms with Crippen LogP contribution in [0.4, 0.5) is 26.2 Å². The average molecular weight is 394 g/mol. The molecular formula is C23H24F2N4. The number of para-hydroxylation sites is 1. The van der Waals surface area contributed by atoms with Crippen LogP contribution in [0, 0.1) is 24.5 Å². The average Bonchev–Trinajstić information content (AvgIpc) is 2.72. The number of rotatable bonds is 5. The lowest BCUT2D eigenvalue weighted by Gasteiger charge is -2.32. The molecule has 2 heterocycles. The zero-order valence-electron chi connectivity index (χ0n) is 16.4. The molecular weight excluding hydrogens is 370 g/mol. The Morgan fingerprint density at radius 2 is 1.66 bits per heavy atom. The predicted octanol–water partition coefficient (Wildman–Crippen LogP) is 5.27. The minimum absolute atomic E-state index is 0.196. The van der Waals surface area contributed by atoms with Gasteiger partial charge in [-0.2, -0.15) is 4.98 Å². The van der Waals surface area contributed by atoms with E-state index in [1.165, 1.54) is 23.8 Å². The highest BCUT2D eigenvalue weighted by Gasteiger charge is 2.22. The van der Waals surface area contributed by atoms with Crippen LogP contribution in [-0.4, -0.2) is 23.1 Å². The Labute approximate surface area is 169 Å². The number of hydrogen-bond acceptors (Lipinski definition) is 4. The highest BCUT2D eigenvalue weighted by Crippen LogP contribution is 2.27. The van der Waals surface area contributed by atoms with Crippen LogP contribution >= 0.6 is 0 Å². The highest BCUT2D eigenvalue weighted by molar-refractivity contribution is 5.59. The summed E-state index contributed by atoms with van der Waals surface area (Å²) in [7, 11) is 0. The van der Waals surface area contributed by atoms with Crippen LogP contribution in [0.15, 0.2) is 54.6 Å². The number of aromatic nitrogens is 2. The Morgan fingerprint density at radius 1 is 0.966 bits per heavy atom. The second kappa shape index (κ2) is 8.55. The molecule has 1 aromatic heterocycles. The standard InChI is InChI=1S/C23H24F2N4/c1-16-14-21(27-22-19(24)8-5-9-20(22)25)28-23(26-16)29-12-10-18(11-13-29)15-17-6-3-2-4-7-17/h2-9,14,18H,10-13,15H2,1H3,(H,26,27,28). The third-order valence-electron chi connectivity index (χ3n) is 5.32. The van der Waals surface area contributed by atoms with Gasteiger partial charge in [-0.25, -0.2) is 13.8 Å². The third-order valence-corrected chi connectivity index (χ3v) is 5.32. The fraction of sp³-hybridized carbons (Fsp3) is 0.304. The first-order valence-electron chi connectivity index (χ1n) is 9.94. The van der Waals surface area contributed by atoms with E-state index in [1.807, 2.05) is 13.0 Å². The normalized spacial score (nSPS) is 14.8. The van der Waals surface area contributed by atoms with Gasteiger partial charge in [0.1, 0.15) is 23.1 Å². The number of nitrogens with zero attached hydrogens (tertiary/aromatic N) is 3. The Balaban J connectivity index is 1.44. The first-order chi connectivity index (χ1) is 14.1. The zero-order chi connectivity index (χ0) is 20.2. The molecule has 6 heteroatoms. The second-order valence-corrected chi connectivity index (χ2v) is 7.54. The van der Waals surface area contributed by atoms with Gasteiger partial charge in [0.15, 0.2) is 0 Å². The Hall–Kier alpha value is -3.02. The first-order valence-corrected chi connectivity index (χ1v) is 9.94. The van der Waals surface area contributed by atoms with Crippen LogP contribution < -0.4 is 10.2 Å². The summed E-state index contributed by atoms with van der Waals surface area (Å²) >= 11 is 0. The summed E-state index contributed by atoms with van der Waals surface area (Å²) in [4.78, 5) is 11.2. The molecule has 4 rings (SSSR count). The number of halogens is 2. The molecule has 150 valence electrons. The molecule has 1 aliphatic rings. The second-order valence-electron chi connectivity index (χ2n) is 7.54. The number of benzene rings is 2. The van der Waals surface area contributed by atoms with Crippen molar-refractivity contribution in [1.82, 2.24) is 9.97 Å². The van der Waals surface area contributed by atoms with Crippen LogP contribution in [0.25, 0.3) is 0 Å². The molecule has 29 heavy (non-hydrogen) atoms. The smallest absolute Gasteiger partial charge is 0.227 e. The lowest BCUT2D eigenvalue weighted by atomic mass is 9.90. The fourth-order valence-electron chi connectivity index (χ4n) is 3.79. The van der Waals surface area contributed by atoms with Crippen LogP contribution in [-0.2, 0) is 6.42 Å². The number of nitrogens with one attached hydrogen (secondary N) is 1. The van der Waals surface area contributed by atoms with Crippen molar-refractivity contribution in [2.45, 2.75) is 26.2 Å². The zero-order valence-corrected chi connectivity index (χ0v) is 16.4. The summed E-state index contributed by atoms with van der Waals surface area (Å²) in [6.07, 6.45) is 3.22. The largest absolute Gasteiger partial charge is 0.341 e. The quantitative estimate of drug-likeness (QED) is 0.640. The van der Waals surface area contributed by atoms with Crippen molar-refractivity contribution < 1.29 is 8.78 Å². The van der Waals surface area contributed by atoms with Crippen molar-refractivity contribution in [2.75, 3.05) is 23.3 Å². The van der Waals surface area contributed by atoms with Crippen molar-refractivity contribution in [1.29, 1.82) is 0 Å². The summed E-state index contributed by atoms with van der Waals surface area (Å²) < 4.78 is 27.9. The van der Waals surface area contributed by atoms with Gasteiger partial charge < -0.3 is 10.2 Å². The van der Waals surface area contributed by atoms with E-state index in [1.54, 1.807) is 6.07 Å². The van der Waals surface area contributed by atoms with E-state index in [4.69, 9.17) is 0 Å². The van der Waals surface area contributed by atoms with Gasteiger partial charge in [0.05, 0.1) is 0 Å². The van der Waals surface area contributed by atoms with E-state index in [9.17, 15) is 8.78 Å². The van der Waals surface area contributed by atoms with Crippen LogP contribution in [0.2, 0.25) is 0 Å². The maximum Gasteiger partial charge on any atom is 0.227 e. The molecule has 0 spiro atoms. The molecule has 0 saturated carbocycles.